The van der Waals surface area contributed by atoms with Gasteiger partial charge in [0, 0.05) is 72.3 Å². The second-order valence-electron chi connectivity index (χ2n) is 16.4. The van der Waals surface area contributed by atoms with Crippen molar-refractivity contribution < 1.29 is 82.0 Å². The molecule has 4 saturated carbocycles. The van der Waals surface area contributed by atoms with E-state index in [2.05, 4.69) is 0 Å². The van der Waals surface area contributed by atoms with Crippen LogP contribution >= 0.6 is 0 Å². The molecule has 0 unspecified atom stereocenters. The molecule has 1 saturated heterocycles. The van der Waals surface area contributed by atoms with E-state index in [1.54, 1.807) is 6.92 Å². The minimum Gasteiger partial charge on any atom is -0.465 e. The van der Waals surface area contributed by atoms with Crippen LogP contribution in [-0.4, -0.2) is 125 Å². The molecule has 5 fully saturated rings. The van der Waals surface area contributed by atoms with E-state index in [9.17, 15) is 44.1 Å². The third kappa shape index (κ3) is 7.71. The van der Waals surface area contributed by atoms with Gasteiger partial charge in [0.25, 0.3) is 0 Å². The minimum absolute atomic E-state index is 0.00191. The largest absolute Gasteiger partial charge is 0.465 e. The highest BCUT2D eigenvalue weighted by Crippen LogP contribution is 2.71. The van der Waals surface area contributed by atoms with Crippen LogP contribution in [0.5, 0.6) is 0 Å². The highest BCUT2D eigenvalue weighted by Gasteiger charge is 2.77. The summed E-state index contributed by atoms with van der Waals surface area (Å²) in [6.07, 6.45) is -8.80. The Morgan fingerprint density at radius 1 is 0.727 bits per heavy atom. The summed E-state index contributed by atoms with van der Waals surface area (Å²) in [6, 6.07) is 0. The number of fused-ring (bicyclic) bond motifs is 5. The SMILES string of the molecule is CC(=O)OC[C@@]12[C@@H]3[C@@H](CC[C@]1(O)C[C@@H](O[C@@H]1O[C@@H](C)[C@H](OC(C)=O)[C@@H](OC(C)=O)[C@H]1OC(C)=O)C[C@H]2OC(C)=O)[C@@]1(O)CC[C@H](CO)[C@@]1(C)C[C@H]3OC(C)=O. The van der Waals surface area contributed by atoms with Crippen LogP contribution < -0.4 is 0 Å². The molecule has 310 valence electrons. The van der Waals surface area contributed by atoms with E-state index >= 15 is 0 Å². The Kier molecular flexibility index (Phi) is 12.3. The zero-order valence-electron chi connectivity index (χ0n) is 32.8. The predicted octanol–water partition coefficient (Wildman–Crippen LogP) is 1.42. The van der Waals surface area contributed by atoms with Gasteiger partial charge in [0.2, 0.25) is 0 Å². The number of hydrogen-bond donors (Lipinski definition) is 3. The van der Waals surface area contributed by atoms with Crippen molar-refractivity contribution in [2.45, 2.75) is 161 Å². The monoisotopic (exact) mass is 784 g/mol. The molecule has 17 nitrogen and oxygen atoms in total. The second kappa shape index (κ2) is 15.9. The number of rotatable bonds is 10. The fourth-order valence-electron chi connectivity index (χ4n) is 11.1. The van der Waals surface area contributed by atoms with E-state index in [-0.39, 0.29) is 44.6 Å². The van der Waals surface area contributed by atoms with Gasteiger partial charge in [-0.1, -0.05) is 6.92 Å². The summed E-state index contributed by atoms with van der Waals surface area (Å²) in [5.74, 6) is -6.17. The fourth-order valence-corrected chi connectivity index (χ4v) is 11.1. The van der Waals surface area contributed by atoms with Crippen molar-refractivity contribution >= 4 is 35.8 Å². The van der Waals surface area contributed by atoms with Gasteiger partial charge in [-0.3, -0.25) is 28.8 Å². The molecule has 5 rings (SSSR count). The summed E-state index contributed by atoms with van der Waals surface area (Å²) in [5, 5.41) is 36.2. The summed E-state index contributed by atoms with van der Waals surface area (Å²) >= 11 is 0. The third-order valence-electron chi connectivity index (χ3n) is 13.1. The summed E-state index contributed by atoms with van der Waals surface area (Å²) in [4.78, 5) is 75.0. The number of aliphatic hydroxyl groups is 3. The molecule has 1 heterocycles. The smallest absolute Gasteiger partial charge is 0.303 e. The highest BCUT2D eigenvalue weighted by molar-refractivity contribution is 5.69. The lowest BCUT2D eigenvalue weighted by molar-refractivity contribution is -0.344. The summed E-state index contributed by atoms with van der Waals surface area (Å²) in [5.41, 5.74) is -5.80. The van der Waals surface area contributed by atoms with Crippen molar-refractivity contribution in [3.05, 3.63) is 0 Å². The number of carbonyl (C=O) groups is 6. The second-order valence-corrected chi connectivity index (χ2v) is 16.4. The molecule has 4 aliphatic carbocycles. The van der Waals surface area contributed by atoms with Gasteiger partial charge in [-0.05, 0) is 50.9 Å². The van der Waals surface area contributed by atoms with E-state index in [1.807, 2.05) is 6.92 Å². The van der Waals surface area contributed by atoms with E-state index in [0.29, 0.717) is 12.8 Å². The maximum Gasteiger partial charge on any atom is 0.303 e. The fraction of sp³-hybridized carbons (Fsp3) is 0.842. The molecule has 0 spiro atoms. The molecule has 5 aliphatic rings. The number of aliphatic hydroxyl groups excluding tert-OH is 1. The van der Waals surface area contributed by atoms with Gasteiger partial charge in [0.1, 0.15) is 18.8 Å². The van der Waals surface area contributed by atoms with Crippen molar-refractivity contribution in [1.82, 2.24) is 0 Å². The molecule has 1 aliphatic heterocycles. The number of carbonyl (C=O) groups excluding carboxylic acids is 6. The molecule has 15 atom stereocenters. The molecule has 0 amide bonds. The van der Waals surface area contributed by atoms with E-state index < -0.39 is 125 Å². The van der Waals surface area contributed by atoms with Gasteiger partial charge in [-0.25, -0.2) is 0 Å². The molecule has 55 heavy (non-hydrogen) atoms. The first kappa shape index (κ1) is 42.8. The lowest BCUT2D eigenvalue weighted by Crippen LogP contribution is -2.76. The number of hydrogen-bond acceptors (Lipinski definition) is 17. The van der Waals surface area contributed by atoms with Crippen LogP contribution in [0.4, 0.5) is 0 Å². The molecule has 0 aromatic heterocycles. The lowest BCUT2D eigenvalue weighted by Gasteiger charge is -2.68. The minimum atomic E-state index is -1.86. The standard InChI is InChI=1S/C38H56O17/c1-18-31(52-22(5)43)32(53-23(6)44)33(54-24(7)45)34(49-18)55-26-13-29(51-21(4)42)37(17-48-19(2)40)30-27(10-11-36(37,46)14-26)38(47)12-9-25(16-39)35(38,8)15-28(30)50-20(3)41/h18,25-34,39,46-47H,9-17H2,1-8H3/t18-,25+,26-,27+,28+,29+,30+,31-,32+,33+,34-,35+,36-,37+,38-/m0/s1. The van der Waals surface area contributed by atoms with Crippen LogP contribution in [0.3, 0.4) is 0 Å². The number of esters is 6. The Labute approximate surface area is 319 Å². The molecule has 0 bridgehead atoms. The third-order valence-corrected chi connectivity index (χ3v) is 13.1. The Morgan fingerprint density at radius 2 is 1.31 bits per heavy atom. The Balaban J connectivity index is 1.60. The first-order chi connectivity index (χ1) is 25.6. The maximum absolute atomic E-state index is 13.1. The molecule has 17 heteroatoms. The Hall–Kier alpha value is -3.38. The van der Waals surface area contributed by atoms with Crippen LogP contribution in [0.15, 0.2) is 0 Å². The van der Waals surface area contributed by atoms with Crippen molar-refractivity contribution in [2.75, 3.05) is 13.2 Å². The van der Waals surface area contributed by atoms with Crippen molar-refractivity contribution in [3.8, 4) is 0 Å². The molecular formula is C38H56O17. The van der Waals surface area contributed by atoms with Crippen molar-refractivity contribution in [2.24, 2.45) is 28.6 Å². The van der Waals surface area contributed by atoms with Crippen molar-refractivity contribution in [3.63, 3.8) is 0 Å². The van der Waals surface area contributed by atoms with E-state index in [1.165, 1.54) is 20.8 Å². The Bertz CT molecular complexity index is 1520. The van der Waals surface area contributed by atoms with Gasteiger partial charge < -0.3 is 53.2 Å². The van der Waals surface area contributed by atoms with Crippen LogP contribution in [0.25, 0.3) is 0 Å². The Morgan fingerprint density at radius 3 is 1.87 bits per heavy atom. The first-order valence-electron chi connectivity index (χ1n) is 19.0. The van der Waals surface area contributed by atoms with Crippen LogP contribution in [0.1, 0.15) is 100 Å². The summed E-state index contributed by atoms with van der Waals surface area (Å²) in [7, 11) is 0. The lowest BCUT2D eigenvalue weighted by atomic mass is 9.40. The normalized spacial score (nSPS) is 43.4. The summed E-state index contributed by atoms with van der Waals surface area (Å²) < 4.78 is 46.9. The molecule has 3 N–H and O–H groups in total. The highest BCUT2D eigenvalue weighted by atomic mass is 16.7. The van der Waals surface area contributed by atoms with Gasteiger partial charge >= 0.3 is 35.8 Å². The van der Waals surface area contributed by atoms with Crippen LogP contribution in [0, 0.1) is 28.6 Å². The van der Waals surface area contributed by atoms with Gasteiger partial charge in [-0.15, -0.1) is 0 Å². The quantitative estimate of drug-likeness (QED) is 0.161. The zero-order valence-corrected chi connectivity index (χ0v) is 32.8. The molecular weight excluding hydrogens is 728 g/mol. The average molecular weight is 785 g/mol. The van der Waals surface area contributed by atoms with E-state index in [4.69, 9.17) is 37.9 Å². The predicted molar refractivity (Wildman–Crippen MR) is 184 cm³/mol. The summed E-state index contributed by atoms with van der Waals surface area (Å²) in [6.45, 7) is 9.80. The number of ether oxygens (including phenoxy) is 8. The van der Waals surface area contributed by atoms with Gasteiger partial charge in [0.05, 0.1) is 28.8 Å². The molecule has 0 aromatic rings. The molecule has 0 aromatic carbocycles. The average Bonchev–Trinajstić information content (AvgIpc) is 3.32. The van der Waals surface area contributed by atoms with Gasteiger partial charge in [-0.2, -0.15) is 0 Å². The van der Waals surface area contributed by atoms with Crippen LogP contribution in [-0.2, 0) is 66.7 Å². The topological polar surface area (TPSA) is 237 Å². The van der Waals surface area contributed by atoms with Gasteiger partial charge in [0.15, 0.2) is 24.6 Å². The maximum atomic E-state index is 13.1. The zero-order chi connectivity index (χ0) is 40.8. The van der Waals surface area contributed by atoms with Crippen LogP contribution in [0.2, 0.25) is 0 Å². The molecule has 0 radical (unpaired) electrons. The van der Waals surface area contributed by atoms with Crippen molar-refractivity contribution in [1.29, 1.82) is 0 Å². The first-order valence-corrected chi connectivity index (χ1v) is 19.0. The van der Waals surface area contributed by atoms with E-state index in [0.717, 1.165) is 20.8 Å².